The van der Waals surface area contributed by atoms with Gasteiger partial charge in [-0.15, -0.1) is 0 Å². The third kappa shape index (κ3) is 31.4. The Morgan fingerprint density at radius 2 is 0.756 bits per heavy atom. The van der Waals surface area contributed by atoms with Gasteiger partial charge in [0.25, 0.3) is 17.5 Å². The van der Waals surface area contributed by atoms with Crippen molar-refractivity contribution in [3.05, 3.63) is 0 Å². The molecule has 4 rings (SSSR count). The van der Waals surface area contributed by atoms with E-state index in [0.29, 0.717) is 78.9 Å². The van der Waals surface area contributed by atoms with Gasteiger partial charge in [-0.3, -0.25) is 57.5 Å². The molecule has 22 nitrogen and oxygen atoms in total. The highest BCUT2D eigenvalue weighted by atomic mass is 19.3. The predicted molar refractivity (Wildman–Crippen MR) is 283 cm³/mol. The minimum Gasteiger partial charge on any atom is -0.465 e. The van der Waals surface area contributed by atoms with Crippen LogP contribution in [0.2, 0.25) is 0 Å². The number of rotatable bonds is 18. The van der Waals surface area contributed by atoms with E-state index in [2.05, 4.69) is 18.9 Å². The molecule has 4 saturated carbocycles. The first-order valence-electron chi connectivity index (χ1n) is 27.3. The molecule has 0 spiro atoms. The van der Waals surface area contributed by atoms with Crippen molar-refractivity contribution >= 4 is 93.6 Å². The summed E-state index contributed by atoms with van der Waals surface area (Å²) in [6.45, 7) is 15.6. The quantitative estimate of drug-likeness (QED) is 0.0567. The zero-order valence-corrected chi connectivity index (χ0v) is 50.5. The van der Waals surface area contributed by atoms with Crippen molar-refractivity contribution in [1.82, 2.24) is 0 Å². The van der Waals surface area contributed by atoms with Gasteiger partial charge in [-0.1, -0.05) is 6.42 Å². The van der Waals surface area contributed by atoms with Gasteiger partial charge in [0.05, 0.1) is 39.6 Å². The van der Waals surface area contributed by atoms with Gasteiger partial charge < -0.3 is 28.4 Å². The molecule has 0 amide bonds. The van der Waals surface area contributed by atoms with Gasteiger partial charge in [0, 0.05) is 52.9 Å². The summed E-state index contributed by atoms with van der Waals surface area (Å²) in [4.78, 5) is 169. The van der Waals surface area contributed by atoms with Gasteiger partial charge >= 0.3 is 47.7 Å². The zero-order valence-electron chi connectivity index (χ0n) is 50.5. The number of alkyl halides is 8. The Hall–Kier alpha value is -7.04. The average molecular weight is 1260 g/mol. The Morgan fingerprint density at radius 1 is 0.430 bits per heavy atom. The van der Waals surface area contributed by atoms with Gasteiger partial charge in [0.15, 0.2) is 28.9 Å². The average Bonchev–Trinajstić information content (AvgIpc) is 2.25. The molecule has 86 heavy (non-hydrogen) atoms. The summed E-state index contributed by atoms with van der Waals surface area (Å²) in [5.74, 6) is -22.0. The number of hydrogen-bond acceptors (Lipinski definition) is 22. The fraction of sp³-hybridized carbons (Fsp3) is 0.714. The molecule has 0 bridgehead atoms. The normalized spacial score (nSPS) is 19.6. The van der Waals surface area contributed by atoms with Gasteiger partial charge in [-0.25, -0.2) is 36.7 Å². The summed E-state index contributed by atoms with van der Waals surface area (Å²) >= 11 is 0. The van der Waals surface area contributed by atoms with Crippen LogP contribution in [0.4, 0.5) is 35.1 Å². The fourth-order valence-electron chi connectivity index (χ4n) is 6.81. The molecule has 5 atom stereocenters. The van der Waals surface area contributed by atoms with Crippen LogP contribution < -0.4 is 0 Å². The molecule has 0 aromatic rings. The van der Waals surface area contributed by atoms with Crippen LogP contribution >= 0.6 is 0 Å². The van der Waals surface area contributed by atoms with E-state index in [9.17, 15) is 112 Å². The Kier molecular flexibility index (Phi) is 43.3. The summed E-state index contributed by atoms with van der Waals surface area (Å²) in [6.07, 6.45) is 3.09. The summed E-state index contributed by atoms with van der Waals surface area (Å²) in [5.41, 5.74) is -4.69. The Bertz CT molecular complexity index is 2310. The molecule has 4 aliphatic carbocycles. The molecule has 4 fully saturated rings. The molecule has 4 aliphatic rings. The first-order valence-corrected chi connectivity index (χ1v) is 27.3. The minimum absolute atomic E-state index is 0.0231. The number of Topliss-reactive ketones (excluding diaryl/α,β-unsaturated/α-hetero) is 10. The number of carbonyl (C=O) groups is 16. The monoisotopic (exact) mass is 1260 g/mol. The molecular weight excluding hydrogens is 1180 g/mol. The Labute approximate surface area is 492 Å². The van der Waals surface area contributed by atoms with Crippen molar-refractivity contribution in [3.8, 4) is 0 Å². The van der Waals surface area contributed by atoms with Gasteiger partial charge in [0.1, 0.15) is 23.4 Å². The first kappa shape index (κ1) is 85.4. The third-order valence-electron chi connectivity index (χ3n) is 11.6. The van der Waals surface area contributed by atoms with Crippen LogP contribution in [-0.2, 0) is 105 Å². The lowest BCUT2D eigenvalue weighted by Gasteiger charge is -2.25. The van der Waals surface area contributed by atoms with Crippen molar-refractivity contribution < 1.29 is 140 Å². The molecule has 5 unspecified atom stereocenters. The van der Waals surface area contributed by atoms with Crippen molar-refractivity contribution in [2.24, 2.45) is 11.8 Å². The maximum Gasteiger partial charge on any atom is 0.399 e. The molecule has 0 aromatic heterocycles. The SMILES string of the molecule is CC(=O)C(F)(F)C(C)=O.CC(=O)C(F)C(C)=O.CCOC(=O)C(F)(F)C(C)=O.CCOC(=O)C(F)C(C)=O.CCOC(=O)C1(F)CCCC1=O.CCOC(=O)C1(F)CCCCC1=O.CCOC(=O)C1CCCC1=O.CCOC(=O)C1CCCCC1=O. The minimum atomic E-state index is -3.99. The van der Waals surface area contributed by atoms with Crippen molar-refractivity contribution in [2.45, 2.75) is 209 Å². The molecule has 30 heteroatoms. The first-order chi connectivity index (χ1) is 39.7. The third-order valence-corrected chi connectivity index (χ3v) is 11.6. The number of ketones is 10. The highest BCUT2D eigenvalue weighted by molar-refractivity contribution is 6.09. The lowest BCUT2D eigenvalue weighted by molar-refractivity contribution is -0.175. The highest BCUT2D eigenvalue weighted by Crippen LogP contribution is 2.32. The van der Waals surface area contributed by atoms with E-state index in [1.165, 1.54) is 6.92 Å². The van der Waals surface area contributed by atoms with E-state index in [-0.39, 0.29) is 75.6 Å². The molecule has 0 N–H and O–H groups in total. The lowest BCUT2D eigenvalue weighted by atomic mass is 9.85. The van der Waals surface area contributed by atoms with E-state index < -0.39 is 118 Å². The molecule has 492 valence electrons. The van der Waals surface area contributed by atoms with E-state index in [0.717, 1.165) is 40.0 Å². The number of halogens is 8. The van der Waals surface area contributed by atoms with Gasteiger partial charge in [-0.2, -0.15) is 17.6 Å². The Morgan fingerprint density at radius 3 is 1.02 bits per heavy atom. The van der Waals surface area contributed by atoms with Crippen LogP contribution in [0.5, 0.6) is 0 Å². The molecule has 0 radical (unpaired) electrons. The van der Waals surface area contributed by atoms with Crippen LogP contribution in [0.25, 0.3) is 0 Å². The summed E-state index contributed by atoms with van der Waals surface area (Å²) in [5, 5.41) is 0. The maximum absolute atomic E-state index is 13.7. The maximum atomic E-state index is 13.7. The largest absolute Gasteiger partial charge is 0.465 e. The van der Waals surface area contributed by atoms with Gasteiger partial charge in [-0.05, 0) is 114 Å². The van der Waals surface area contributed by atoms with Crippen molar-refractivity contribution in [1.29, 1.82) is 0 Å². The predicted octanol–water partition coefficient (Wildman–Crippen LogP) is 7.19. The number of ether oxygens (including phenoxy) is 6. The number of hydrogen-bond donors (Lipinski definition) is 0. The van der Waals surface area contributed by atoms with Crippen LogP contribution in [-0.4, -0.2) is 169 Å². The van der Waals surface area contributed by atoms with Crippen LogP contribution in [0.15, 0.2) is 0 Å². The van der Waals surface area contributed by atoms with Crippen LogP contribution in [0, 0.1) is 11.8 Å². The summed E-state index contributed by atoms with van der Waals surface area (Å²) in [6, 6.07) is 0. The molecule has 0 aliphatic heterocycles. The summed E-state index contributed by atoms with van der Waals surface area (Å²) in [7, 11) is 0. The smallest absolute Gasteiger partial charge is 0.399 e. The van der Waals surface area contributed by atoms with E-state index in [4.69, 9.17) is 9.47 Å². The van der Waals surface area contributed by atoms with E-state index in [1.807, 2.05) is 0 Å². The highest BCUT2D eigenvalue weighted by Gasteiger charge is 2.51. The van der Waals surface area contributed by atoms with E-state index >= 15 is 0 Å². The second kappa shape index (κ2) is 43.6. The number of carbonyl (C=O) groups excluding carboxylic acids is 16. The van der Waals surface area contributed by atoms with Crippen LogP contribution in [0.3, 0.4) is 0 Å². The van der Waals surface area contributed by atoms with Crippen LogP contribution in [0.1, 0.15) is 173 Å². The number of esters is 6. The van der Waals surface area contributed by atoms with Crippen molar-refractivity contribution in [3.63, 3.8) is 0 Å². The Balaban J connectivity index is -0.000000449. The fourth-order valence-corrected chi connectivity index (χ4v) is 6.81. The van der Waals surface area contributed by atoms with E-state index in [1.54, 1.807) is 34.6 Å². The molecular formula is C56H80F8O22. The topological polar surface area (TPSA) is 328 Å². The second-order valence-electron chi connectivity index (χ2n) is 18.5. The second-order valence-corrected chi connectivity index (χ2v) is 18.5. The summed E-state index contributed by atoms with van der Waals surface area (Å²) < 4.78 is 127. The lowest BCUT2D eigenvalue weighted by Crippen LogP contribution is -2.45. The molecule has 0 aromatic carbocycles. The van der Waals surface area contributed by atoms with Crippen molar-refractivity contribution in [2.75, 3.05) is 39.6 Å². The zero-order chi connectivity index (χ0) is 67.9. The standard InChI is InChI=1S/C9H13FO3.C9H14O3.C8H11FO3.C8H12O3.C6H8F2O3.C6H9FO3.C5H6F2O2.C5H7FO2/c1-2-13-8(12)9(10)6-4-3-5-7(9)11;1-2-12-9(11)7-5-3-4-6-8(7)10;1-2-12-7(11)8(9)5-3-4-6(8)10;1-2-11-8(10)6-4-3-5-7(6)9;1-3-11-5(10)6(7,8)4(2)9;1-3-10-6(9)5(7)4(2)8;1-3(8)5(6,7)4(2)9;1-3(7)5(6)4(2)8/h2-6H2,1H3;7H,2-6H2,1H3;2-5H2,1H3;6H,2-5H2,1H3;3H2,1-2H3;5H,3H2,1-2H3;1-2H3;5H,1-2H3. The van der Waals surface area contributed by atoms with Gasteiger partial charge in [0.2, 0.25) is 23.5 Å². The molecule has 0 saturated heterocycles. The molecule has 0 heterocycles.